The number of nitrogens with one attached hydrogen (secondary N) is 1. The van der Waals surface area contributed by atoms with E-state index in [9.17, 15) is 0 Å². The highest BCUT2D eigenvalue weighted by atomic mass is 32.2. The minimum atomic E-state index is 0.381. The van der Waals surface area contributed by atoms with Gasteiger partial charge in [-0.05, 0) is 49.9 Å². The third-order valence-electron chi connectivity index (χ3n) is 4.46. The number of benzene rings is 1. The summed E-state index contributed by atoms with van der Waals surface area (Å²) in [5.41, 5.74) is 4.20. The summed E-state index contributed by atoms with van der Waals surface area (Å²) in [4.78, 5) is 2.61. The quantitative estimate of drug-likeness (QED) is 0.844. The molecule has 0 spiro atoms. The largest absolute Gasteiger partial charge is 0.324 e. The SMILES string of the molecule is CC(C)n1nccc1SNc1cccc2c1CN(C1CC1)C2. The fourth-order valence-corrected chi connectivity index (χ4v) is 4.01. The van der Waals surface area contributed by atoms with E-state index in [0.717, 1.165) is 24.2 Å². The van der Waals surface area contributed by atoms with Gasteiger partial charge in [0.2, 0.25) is 0 Å². The molecule has 1 aromatic heterocycles. The van der Waals surface area contributed by atoms with Crippen LogP contribution in [0.25, 0.3) is 0 Å². The number of fused-ring (bicyclic) bond motifs is 1. The molecule has 22 heavy (non-hydrogen) atoms. The van der Waals surface area contributed by atoms with Crippen molar-refractivity contribution in [1.82, 2.24) is 14.7 Å². The molecule has 0 saturated heterocycles. The van der Waals surface area contributed by atoms with E-state index in [1.54, 1.807) is 11.9 Å². The molecule has 0 amide bonds. The molecule has 4 nitrogen and oxygen atoms in total. The van der Waals surface area contributed by atoms with Crippen molar-refractivity contribution in [3.63, 3.8) is 0 Å². The maximum absolute atomic E-state index is 4.39. The summed E-state index contributed by atoms with van der Waals surface area (Å²) in [5, 5.41) is 5.55. The van der Waals surface area contributed by atoms with Crippen LogP contribution < -0.4 is 4.72 Å². The maximum Gasteiger partial charge on any atom is 0.115 e. The minimum Gasteiger partial charge on any atom is -0.324 e. The lowest BCUT2D eigenvalue weighted by Gasteiger charge is -2.14. The van der Waals surface area contributed by atoms with Crippen molar-refractivity contribution in [1.29, 1.82) is 0 Å². The van der Waals surface area contributed by atoms with Crippen molar-refractivity contribution in [2.75, 3.05) is 4.72 Å². The number of anilines is 1. The second kappa shape index (κ2) is 5.63. The van der Waals surface area contributed by atoms with Gasteiger partial charge >= 0.3 is 0 Å². The van der Waals surface area contributed by atoms with Crippen LogP contribution in [0, 0.1) is 0 Å². The summed E-state index contributed by atoms with van der Waals surface area (Å²) in [6.45, 7) is 6.52. The van der Waals surface area contributed by atoms with E-state index < -0.39 is 0 Å². The van der Waals surface area contributed by atoms with Gasteiger partial charge in [-0.1, -0.05) is 12.1 Å². The molecule has 5 heteroatoms. The van der Waals surface area contributed by atoms with Crippen LogP contribution in [0.2, 0.25) is 0 Å². The number of nitrogens with zero attached hydrogens (tertiary/aromatic N) is 3. The molecule has 116 valence electrons. The smallest absolute Gasteiger partial charge is 0.115 e. The Morgan fingerprint density at radius 1 is 1.23 bits per heavy atom. The van der Waals surface area contributed by atoms with Crippen LogP contribution in [0.15, 0.2) is 35.5 Å². The van der Waals surface area contributed by atoms with Gasteiger partial charge in [0.15, 0.2) is 0 Å². The van der Waals surface area contributed by atoms with Crippen molar-refractivity contribution < 1.29 is 0 Å². The first-order chi connectivity index (χ1) is 10.7. The van der Waals surface area contributed by atoms with Crippen LogP contribution in [0.4, 0.5) is 5.69 Å². The molecule has 0 unspecified atom stereocenters. The standard InChI is InChI=1S/C17H22N4S/c1-12(2)21-17(8-9-18-21)22-19-16-5-3-4-13-10-20(11-15(13)16)14-6-7-14/h3-5,8-9,12,14,19H,6-7,10-11H2,1-2H3. The van der Waals surface area contributed by atoms with Crippen LogP contribution in [-0.4, -0.2) is 20.7 Å². The molecule has 2 heterocycles. The zero-order valence-corrected chi connectivity index (χ0v) is 13.9. The molecule has 1 aliphatic heterocycles. The molecule has 0 bridgehead atoms. The molecular formula is C17H22N4S. The fraction of sp³-hybridized carbons (Fsp3) is 0.471. The molecule has 2 aliphatic rings. The third kappa shape index (κ3) is 2.63. The van der Waals surface area contributed by atoms with Gasteiger partial charge in [-0.2, -0.15) is 5.10 Å². The molecule has 0 atom stereocenters. The molecule has 1 aliphatic carbocycles. The predicted octanol–water partition coefficient (Wildman–Crippen LogP) is 4.06. The van der Waals surface area contributed by atoms with Gasteiger partial charge < -0.3 is 4.72 Å². The highest BCUT2D eigenvalue weighted by Crippen LogP contribution is 2.38. The van der Waals surface area contributed by atoms with Crippen molar-refractivity contribution in [3.8, 4) is 0 Å². The Morgan fingerprint density at radius 3 is 2.86 bits per heavy atom. The Bertz CT molecular complexity index is 675. The second-order valence-electron chi connectivity index (χ2n) is 6.49. The van der Waals surface area contributed by atoms with Crippen molar-refractivity contribution in [2.45, 2.75) is 56.9 Å². The first-order valence-electron chi connectivity index (χ1n) is 8.03. The molecular weight excluding hydrogens is 292 g/mol. The zero-order valence-electron chi connectivity index (χ0n) is 13.1. The van der Waals surface area contributed by atoms with Crippen molar-refractivity contribution >= 4 is 17.6 Å². The molecule has 2 aromatic rings. The molecule has 1 saturated carbocycles. The summed E-state index contributed by atoms with van der Waals surface area (Å²) < 4.78 is 5.60. The maximum atomic E-state index is 4.39. The molecule has 1 aromatic carbocycles. The van der Waals surface area contributed by atoms with Gasteiger partial charge in [0, 0.05) is 42.8 Å². The summed E-state index contributed by atoms with van der Waals surface area (Å²) in [6, 6.07) is 9.90. The van der Waals surface area contributed by atoms with Gasteiger partial charge in [-0.15, -0.1) is 0 Å². The lowest BCUT2D eigenvalue weighted by atomic mass is 10.1. The lowest BCUT2D eigenvalue weighted by Crippen LogP contribution is -2.18. The monoisotopic (exact) mass is 314 g/mol. The van der Waals surface area contributed by atoms with Crippen molar-refractivity contribution in [3.05, 3.63) is 41.6 Å². The van der Waals surface area contributed by atoms with Gasteiger partial charge in [-0.25, -0.2) is 0 Å². The van der Waals surface area contributed by atoms with Crippen LogP contribution >= 0.6 is 11.9 Å². The average molecular weight is 314 g/mol. The van der Waals surface area contributed by atoms with Gasteiger partial charge in [0.1, 0.15) is 5.03 Å². The van der Waals surface area contributed by atoms with Gasteiger partial charge in [0.25, 0.3) is 0 Å². The zero-order chi connectivity index (χ0) is 15.1. The fourth-order valence-electron chi connectivity index (χ4n) is 3.12. The predicted molar refractivity (Wildman–Crippen MR) is 90.8 cm³/mol. The van der Waals surface area contributed by atoms with E-state index in [4.69, 9.17) is 0 Å². The molecule has 1 fully saturated rings. The van der Waals surface area contributed by atoms with E-state index >= 15 is 0 Å². The Hall–Kier alpha value is -1.46. The third-order valence-corrected chi connectivity index (χ3v) is 5.31. The van der Waals surface area contributed by atoms with E-state index in [2.05, 4.69) is 57.5 Å². The van der Waals surface area contributed by atoms with E-state index in [1.165, 1.54) is 29.7 Å². The topological polar surface area (TPSA) is 33.1 Å². The summed E-state index contributed by atoms with van der Waals surface area (Å²) in [6.07, 6.45) is 4.62. The van der Waals surface area contributed by atoms with E-state index in [-0.39, 0.29) is 0 Å². The summed E-state index contributed by atoms with van der Waals surface area (Å²) in [7, 11) is 0. The van der Waals surface area contributed by atoms with Crippen LogP contribution in [0.5, 0.6) is 0 Å². The number of hydrogen-bond acceptors (Lipinski definition) is 4. The Balaban J connectivity index is 1.50. The number of rotatable bonds is 5. The lowest BCUT2D eigenvalue weighted by molar-refractivity contribution is 0.273. The first-order valence-corrected chi connectivity index (χ1v) is 8.85. The Morgan fingerprint density at radius 2 is 2.09 bits per heavy atom. The minimum absolute atomic E-state index is 0.381. The number of aromatic nitrogens is 2. The first kappa shape index (κ1) is 14.2. The van der Waals surface area contributed by atoms with E-state index in [1.807, 2.05) is 6.20 Å². The normalized spacial score (nSPS) is 18.0. The molecule has 1 N–H and O–H groups in total. The Kier molecular flexibility index (Phi) is 3.62. The average Bonchev–Trinajstić information content (AvgIpc) is 3.09. The van der Waals surface area contributed by atoms with Crippen LogP contribution in [0.1, 0.15) is 43.9 Å². The second-order valence-corrected chi connectivity index (χ2v) is 7.32. The highest BCUT2D eigenvalue weighted by Gasteiger charge is 2.33. The number of hydrogen-bond donors (Lipinski definition) is 1. The molecule has 0 radical (unpaired) electrons. The Labute approximate surface area is 136 Å². The summed E-state index contributed by atoms with van der Waals surface area (Å²) in [5.74, 6) is 0. The van der Waals surface area contributed by atoms with Crippen molar-refractivity contribution in [2.24, 2.45) is 0 Å². The summed E-state index contributed by atoms with van der Waals surface area (Å²) >= 11 is 1.66. The van der Waals surface area contributed by atoms with E-state index in [0.29, 0.717) is 6.04 Å². The van der Waals surface area contributed by atoms with Gasteiger partial charge in [-0.3, -0.25) is 9.58 Å². The van der Waals surface area contributed by atoms with Gasteiger partial charge in [0.05, 0.1) is 6.20 Å². The molecule has 4 rings (SSSR count). The van der Waals surface area contributed by atoms with Crippen LogP contribution in [-0.2, 0) is 13.1 Å². The highest BCUT2D eigenvalue weighted by molar-refractivity contribution is 8.00. The van der Waals surface area contributed by atoms with Crippen LogP contribution in [0.3, 0.4) is 0 Å².